The second-order valence-electron chi connectivity index (χ2n) is 8.11. The third-order valence-corrected chi connectivity index (χ3v) is 5.46. The molecule has 1 aromatic heterocycles. The first-order chi connectivity index (χ1) is 18.1. The Kier molecular flexibility index (Phi) is 10.0. The van der Waals surface area contributed by atoms with Crippen LogP contribution in [-0.4, -0.2) is 54.0 Å². The first kappa shape index (κ1) is 28.9. The normalized spacial score (nSPS) is 12.2. The van der Waals surface area contributed by atoms with E-state index in [1.807, 2.05) is 0 Å². The lowest BCUT2D eigenvalue weighted by Gasteiger charge is -2.23. The van der Waals surface area contributed by atoms with Gasteiger partial charge in [0.05, 0.1) is 17.6 Å². The van der Waals surface area contributed by atoms with Crippen LogP contribution in [-0.2, 0) is 16.1 Å². The minimum absolute atomic E-state index is 0.0235. The van der Waals surface area contributed by atoms with Gasteiger partial charge < -0.3 is 25.0 Å². The lowest BCUT2D eigenvalue weighted by Crippen LogP contribution is -2.46. The third-order valence-electron chi connectivity index (χ3n) is 5.04. The predicted octanol–water partition coefficient (Wildman–Crippen LogP) is 4.11. The summed E-state index contributed by atoms with van der Waals surface area (Å²) in [6, 6.07) is 9.53. The molecule has 1 heterocycles. The molecule has 3 rings (SSSR count). The quantitative estimate of drug-likeness (QED) is 0.246. The Bertz CT molecular complexity index is 1260. The highest BCUT2D eigenvalue weighted by Gasteiger charge is 2.33. The largest absolute Gasteiger partial charge is 0.447 e. The summed E-state index contributed by atoms with van der Waals surface area (Å²) in [5.74, 6) is -5.36. The number of hydrogen-bond acceptors (Lipinski definition) is 7. The number of nitrogens with zero attached hydrogens (tertiary/aromatic N) is 1. The molecule has 3 aromatic rings. The van der Waals surface area contributed by atoms with E-state index >= 15 is 0 Å². The van der Waals surface area contributed by atoms with Crippen molar-refractivity contribution in [3.8, 4) is 11.3 Å². The number of rotatable bonds is 12. The number of aromatic nitrogens is 1. The molecule has 38 heavy (non-hydrogen) atoms. The summed E-state index contributed by atoms with van der Waals surface area (Å²) in [6.45, 7) is -2.47. The standard InChI is InChI=1S/C24H23ClF4N4O5/c25-22-15(4-2-6-18(22)27)10-30-11-21(35)31-17(9-24(28,29)13-34)12-37-23(36)32-20-8-19(38-33-20)14-3-1-5-16(26)7-14/h1-8,17,30,34H,9-13H2,(H,31,35)(H,32,33,36)/t17-/m0/s1. The van der Waals surface area contributed by atoms with Gasteiger partial charge in [-0.2, -0.15) is 0 Å². The smallest absolute Gasteiger partial charge is 0.412 e. The van der Waals surface area contributed by atoms with E-state index in [0.29, 0.717) is 11.1 Å². The first-order valence-electron chi connectivity index (χ1n) is 11.1. The minimum atomic E-state index is -3.56. The molecule has 0 aliphatic heterocycles. The Morgan fingerprint density at radius 1 is 1.16 bits per heavy atom. The highest BCUT2D eigenvalue weighted by molar-refractivity contribution is 6.31. The van der Waals surface area contributed by atoms with Gasteiger partial charge in [-0.1, -0.05) is 41.0 Å². The lowest BCUT2D eigenvalue weighted by atomic mass is 10.1. The van der Waals surface area contributed by atoms with Crippen LogP contribution in [0.4, 0.5) is 28.2 Å². The van der Waals surface area contributed by atoms with Gasteiger partial charge in [0.25, 0.3) is 5.92 Å². The Balaban J connectivity index is 1.52. The average Bonchev–Trinajstić information content (AvgIpc) is 3.33. The number of carbonyl (C=O) groups is 2. The molecule has 2 aromatic carbocycles. The van der Waals surface area contributed by atoms with E-state index < -0.39 is 55.2 Å². The maximum absolute atomic E-state index is 13.8. The van der Waals surface area contributed by atoms with Crippen molar-refractivity contribution in [2.24, 2.45) is 0 Å². The second kappa shape index (κ2) is 13.2. The van der Waals surface area contributed by atoms with Crippen molar-refractivity contribution < 1.29 is 41.5 Å². The molecule has 204 valence electrons. The molecule has 0 spiro atoms. The second-order valence-corrected chi connectivity index (χ2v) is 8.49. The van der Waals surface area contributed by atoms with E-state index in [4.69, 9.17) is 26.0 Å². The van der Waals surface area contributed by atoms with E-state index in [-0.39, 0.29) is 29.7 Å². The van der Waals surface area contributed by atoms with Gasteiger partial charge in [-0.3, -0.25) is 10.1 Å². The molecule has 4 N–H and O–H groups in total. The van der Waals surface area contributed by atoms with Gasteiger partial charge in [0.15, 0.2) is 11.6 Å². The van der Waals surface area contributed by atoms with Crippen LogP contribution in [0.5, 0.6) is 0 Å². The Morgan fingerprint density at radius 2 is 1.92 bits per heavy atom. The summed E-state index contributed by atoms with van der Waals surface area (Å²) in [7, 11) is 0. The van der Waals surface area contributed by atoms with Crippen LogP contribution in [0.2, 0.25) is 5.02 Å². The zero-order valence-electron chi connectivity index (χ0n) is 19.6. The van der Waals surface area contributed by atoms with Crippen molar-refractivity contribution in [3.05, 3.63) is 70.8 Å². The van der Waals surface area contributed by atoms with E-state index in [9.17, 15) is 27.2 Å². The molecule has 0 bridgehead atoms. The fraction of sp³-hybridized carbons (Fsp3) is 0.292. The van der Waals surface area contributed by atoms with Crippen molar-refractivity contribution in [2.75, 3.05) is 25.1 Å². The molecule has 0 aliphatic rings. The molecular formula is C24H23ClF4N4O5. The van der Waals surface area contributed by atoms with Gasteiger partial charge >= 0.3 is 6.09 Å². The van der Waals surface area contributed by atoms with Gasteiger partial charge in [0, 0.05) is 24.6 Å². The minimum Gasteiger partial charge on any atom is -0.447 e. The van der Waals surface area contributed by atoms with E-state index in [1.165, 1.54) is 36.4 Å². The zero-order chi connectivity index (χ0) is 27.7. The van der Waals surface area contributed by atoms with Crippen LogP contribution in [0.15, 0.2) is 53.1 Å². The molecule has 9 nitrogen and oxygen atoms in total. The molecule has 0 saturated heterocycles. The van der Waals surface area contributed by atoms with E-state index in [0.717, 1.165) is 0 Å². The molecule has 0 aliphatic carbocycles. The summed E-state index contributed by atoms with van der Waals surface area (Å²) >= 11 is 5.85. The van der Waals surface area contributed by atoms with Crippen LogP contribution in [0, 0.1) is 11.6 Å². The van der Waals surface area contributed by atoms with Gasteiger partial charge in [0.1, 0.15) is 24.8 Å². The zero-order valence-corrected chi connectivity index (χ0v) is 20.4. The molecule has 1 atom stereocenters. The average molecular weight is 559 g/mol. The number of alkyl halides is 2. The Labute approximate surface area is 219 Å². The SMILES string of the molecule is O=C(CNCc1cccc(F)c1Cl)N[C@H](COC(=O)Nc1cc(-c2cccc(F)c2)on1)CC(F)(F)CO. The topological polar surface area (TPSA) is 126 Å². The summed E-state index contributed by atoms with van der Waals surface area (Å²) in [6.07, 6.45) is -2.11. The number of aliphatic hydroxyl groups is 1. The maximum Gasteiger partial charge on any atom is 0.412 e. The lowest BCUT2D eigenvalue weighted by molar-refractivity contribution is -0.122. The van der Waals surface area contributed by atoms with Gasteiger partial charge in [-0.25, -0.2) is 22.4 Å². The monoisotopic (exact) mass is 558 g/mol. The fourth-order valence-electron chi connectivity index (χ4n) is 3.28. The summed E-state index contributed by atoms with van der Waals surface area (Å²) < 4.78 is 64.5. The number of carbonyl (C=O) groups excluding carboxylic acids is 2. The van der Waals surface area contributed by atoms with Crippen molar-refractivity contribution in [3.63, 3.8) is 0 Å². The van der Waals surface area contributed by atoms with Crippen LogP contribution in [0.1, 0.15) is 12.0 Å². The number of benzene rings is 2. The number of nitrogens with one attached hydrogen (secondary N) is 3. The molecular weight excluding hydrogens is 536 g/mol. The fourth-order valence-corrected chi connectivity index (χ4v) is 3.47. The van der Waals surface area contributed by atoms with Gasteiger partial charge in [-0.15, -0.1) is 0 Å². The molecule has 0 fully saturated rings. The number of hydrogen-bond donors (Lipinski definition) is 4. The van der Waals surface area contributed by atoms with Crippen molar-refractivity contribution in [1.82, 2.24) is 15.8 Å². The molecule has 0 saturated carbocycles. The Morgan fingerprint density at radius 3 is 2.66 bits per heavy atom. The number of amides is 2. The number of halogens is 5. The molecule has 14 heteroatoms. The maximum atomic E-state index is 13.8. The Hall–Kier alpha value is -3.68. The van der Waals surface area contributed by atoms with E-state index in [2.05, 4.69) is 21.1 Å². The highest BCUT2D eigenvalue weighted by atomic mass is 35.5. The number of aliphatic hydroxyl groups excluding tert-OH is 1. The first-order valence-corrected chi connectivity index (χ1v) is 11.5. The van der Waals surface area contributed by atoms with E-state index in [1.54, 1.807) is 12.1 Å². The summed E-state index contributed by atoms with van der Waals surface area (Å²) in [4.78, 5) is 24.4. The number of anilines is 1. The predicted molar refractivity (Wildman–Crippen MR) is 129 cm³/mol. The van der Waals surface area contributed by atoms with Crippen molar-refractivity contribution in [2.45, 2.75) is 24.9 Å². The third kappa shape index (κ3) is 8.71. The molecule has 0 radical (unpaired) electrons. The van der Waals surface area contributed by atoms with Crippen molar-refractivity contribution in [1.29, 1.82) is 0 Å². The van der Waals surface area contributed by atoms with Gasteiger partial charge in [-0.05, 0) is 23.8 Å². The summed E-state index contributed by atoms with van der Waals surface area (Å²) in [5, 5.41) is 19.6. The highest BCUT2D eigenvalue weighted by Crippen LogP contribution is 2.24. The number of ether oxygens (including phenoxy) is 1. The molecule has 2 amide bonds. The summed E-state index contributed by atoms with van der Waals surface area (Å²) in [5.41, 5.74) is 0.748. The van der Waals surface area contributed by atoms with Crippen LogP contribution in [0.3, 0.4) is 0 Å². The van der Waals surface area contributed by atoms with Crippen LogP contribution in [0.25, 0.3) is 11.3 Å². The molecule has 0 unspecified atom stereocenters. The van der Waals surface area contributed by atoms with Gasteiger partial charge in [0.2, 0.25) is 5.91 Å². The van der Waals surface area contributed by atoms with Crippen LogP contribution >= 0.6 is 11.6 Å². The van der Waals surface area contributed by atoms with Crippen LogP contribution < -0.4 is 16.0 Å². The van der Waals surface area contributed by atoms with Crippen molar-refractivity contribution >= 4 is 29.4 Å².